The Hall–Kier alpha value is -3.08. The molecule has 3 aromatic rings. The molecule has 2 aromatic heterocycles. The number of pyridine rings is 1. The summed E-state index contributed by atoms with van der Waals surface area (Å²) in [5, 5.41) is 21.8. The summed E-state index contributed by atoms with van der Waals surface area (Å²) in [4.78, 5) is 4.27. The SMILES string of the molecule is CC(C)Oc1ccc(C23CC(C(F)(F)[C@](O)(Cn4cnnn4)c4ccc(F)cc4F)(C2)C3)cn1. The number of aliphatic hydroxyl groups is 1. The summed E-state index contributed by atoms with van der Waals surface area (Å²) in [5.41, 5.74) is -4.92. The summed E-state index contributed by atoms with van der Waals surface area (Å²) < 4.78 is 67.0. The Morgan fingerprint density at radius 3 is 2.44 bits per heavy atom. The summed E-state index contributed by atoms with van der Waals surface area (Å²) in [7, 11) is 0. The van der Waals surface area contributed by atoms with E-state index in [2.05, 4.69) is 20.5 Å². The lowest BCUT2D eigenvalue weighted by Crippen LogP contribution is -2.76. The molecular weight excluding hydrogens is 454 g/mol. The van der Waals surface area contributed by atoms with E-state index < -0.39 is 46.1 Å². The molecule has 0 amide bonds. The molecule has 3 saturated carbocycles. The summed E-state index contributed by atoms with van der Waals surface area (Å²) >= 11 is 0. The van der Waals surface area contributed by atoms with Gasteiger partial charge in [0.05, 0.1) is 12.6 Å². The van der Waals surface area contributed by atoms with Gasteiger partial charge in [-0.25, -0.2) is 27.2 Å². The van der Waals surface area contributed by atoms with E-state index >= 15 is 8.78 Å². The third-order valence-corrected chi connectivity index (χ3v) is 7.08. The second-order valence-electron chi connectivity index (χ2n) is 9.71. The molecular formula is C23H23F4N5O2. The van der Waals surface area contributed by atoms with Crippen LogP contribution in [0.25, 0.3) is 0 Å². The molecule has 34 heavy (non-hydrogen) atoms. The minimum Gasteiger partial charge on any atom is -0.475 e. The van der Waals surface area contributed by atoms with Gasteiger partial charge in [-0.2, -0.15) is 0 Å². The Morgan fingerprint density at radius 2 is 1.88 bits per heavy atom. The summed E-state index contributed by atoms with van der Waals surface area (Å²) in [5.74, 6) is -5.51. The van der Waals surface area contributed by atoms with Gasteiger partial charge in [0.2, 0.25) is 5.88 Å². The van der Waals surface area contributed by atoms with Gasteiger partial charge in [-0.15, -0.1) is 5.10 Å². The fourth-order valence-corrected chi connectivity index (χ4v) is 5.54. The first kappa shape index (κ1) is 22.7. The van der Waals surface area contributed by atoms with Gasteiger partial charge in [0.25, 0.3) is 5.92 Å². The lowest BCUT2D eigenvalue weighted by atomic mass is 9.30. The van der Waals surface area contributed by atoms with E-state index in [9.17, 15) is 13.9 Å². The second-order valence-corrected chi connectivity index (χ2v) is 9.71. The Balaban J connectivity index is 1.44. The number of hydrogen-bond acceptors (Lipinski definition) is 6. The summed E-state index contributed by atoms with van der Waals surface area (Å²) in [6.07, 6.45) is 2.93. The molecule has 3 fully saturated rings. The lowest BCUT2D eigenvalue weighted by molar-refractivity contribution is -0.347. The molecule has 0 spiro atoms. The van der Waals surface area contributed by atoms with Crippen LogP contribution in [-0.4, -0.2) is 42.3 Å². The van der Waals surface area contributed by atoms with Crippen LogP contribution in [0.5, 0.6) is 5.88 Å². The molecule has 1 atom stereocenters. The van der Waals surface area contributed by atoms with Crippen LogP contribution in [0.4, 0.5) is 17.6 Å². The molecule has 6 rings (SSSR count). The molecule has 3 aliphatic rings. The lowest BCUT2D eigenvalue weighted by Gasteiger charge is -2.74. The molecule has 180 valence electrons. The molecule has 1 N–H and O–H groups in total. The number of alkyl halides is 2. The maximum atomic E-state index is 16.2. The molecule has 3 aliphatic carbocycles. The summed E-state index contributed by atoms with van der Waals surface area (Å²) in [6.45, 7) is 2.96. The van der Waals surface area contributed by atoms with E-state index in [1.54, 1.807) is 12.3 Å². The maximum Gasteiger partial charge on any atom is 0.287 e. The molecule has 0 saturated heterocycles. The van der Waals surface area contributed by atoms with Crippen LogP contribution in [0.15, 0.2) is 42.9 Å². The van der Waals surface area contributed by atoms with Crippen LogP contribution < -0.4 is 4.74 Å². The fraction of sp³-hybridized carbons (Fsp3) is 0.478. The molecule has 2 heterocycles. The molecule has 0 radical (unpaired) electrons. The van der Waals surface area contributed by atoms with Gasteiger partial charge < -0.3 is 9.84 Å². The Labute approximate surface area is 192 Å². The highest BCUT2D eigenvalue weighted by Crippen LogP contribution is 2.80. The minimum absolute atomic E-state index is 0.0417. The number of hydrogen-bond donors (Lipinski definition) is 1. The fourth-order valence-electron chi connectivity index (χ4n) is 5.54. The zero-order valence-electron chi connectivity index (χ0n) is 18.6. The van der Waals surface area contributed by atoms with Crippen molar-refractivity contribution in [3.8, 4) is 5.88 Å². The van der Waals surface area contributed by atoms with Gasteiger partial charge in [0.15, 0.2) is 5.60 Å². The first-order chi connectivity index (χ1) is 16.0. The number of halogens is 4. The minimum atomic E-state index is -3.76. The third kappa shape index (κ3) is 3.20. The van der Waals surface area contributed by atoms with Crippen molar-refractivity contribution < 1.29 is 27.4 Å². The van der Waals surface area contributed by atoms with E-state index in [1.807, 2.05) is 19.9 Å². The normalized spacial score (nSPS) is 25.4. The van der Waals surface area contributed by atoms with Gasteiger partial charge in [0.1, 0.15) is 18.0 Å². The topological polar surface area (TPSA) is 86.0 Å². The zero-order valence-corrected chi connectivity index (χ0v) is 18.6. The van der Waals surface area contributed by atoms with E-state index in [1.165, 1.54) is 0 Å². The number of rotatable bonds is 8. The Bertz CT molecular complexity index is 1180. The first-order valence-corrected chi connectivity index (χ1v) is 10.9. The van der Waals surface area contributed by atoms with Gasteiger partial charge in [-0.3, -0.25) is 0 Å². The van der Waals surface area contributed by atoms with Crippen molar-refractivity contribution in [2.75, 3.05) is 0 Å². The predicted molar refractivity (Wildman–Crippen MR) is 111 cm³/mol. The number of ether oxygens (including phenoxy) is 1. The number of benzene rings is 1. The van der Waals surface area contributed by atoms with E-state index in [0.717, 1.165) is 28.7 Å². The van der Waals surface area contributed by atoms with Crippen LogP contribution in [0.2, 0.25) is 0 Å². The maximum absolute atomic E-state index is 16.2. The van der Waals surface area contributed by atoms with Gasteiger partial charge in [-0.05, 0) is 66.6 Å². The van der Waals surface area contributed by atoms with Crippen molar-refractivity contribution >= 4 is 0 Å². The first-order valence-electron chi connectivity index (χ1n) is 10.9. The quantitative estimate of drug-likeness (QED) is 0.497. The van der Waals surface area contributed by atoms with Crippen molar-refractivity contribution in [2.45, 2.75) is 62.7 Å². The van der Waals surface area contributed by atoms with Crippen molar-refractivity contribution in [1.29, 1.82) is 0 Å². The van der Waals surface area contributed by atoms with E-state index in [0.29, 0.717) is 11.9 Å². The molecule has 7 nitrogen and oxygen atoms in total. The van der Waals surface area contributed by atoms with Gasteiger partial charge >= 0.3 is 0 Å². The zero-order chi connectivity index (χ0) is 24.4. The average Bonchev–Trinajstić information content (AvgIpc) is 3.19. The highest BCUT2D eigenvalue weighted by atomic mass is 19.3. The molecule has 0 unspecified atom stereocenters. The summed E-state index contributed by atoms with van der Waals surface area (Å²) in [6, 6.07) is 5.70. The standard InChI is InChI=1S/C23H23F4N5O2/c1-14(2)34-19-6-3-15(8-28-19)20-9-21(10-20,11-20)23(26,27)22(33,12-32-13-29-30-31-32)17-5-4-16(24)7-18(17)25/h3-8,13-14,33H,9-12H2,1-2H3/t20?,21?,22-/m0/s1. The number of aromatic nitrogens is 5. The Morgan fingerprint density at radius 1 is 1.15 bits per heavy atom. The Kier molecular flexibility index (Phi) is 4.98. The number of nitrogens with zero attached hydrogens (tertiary/aromatic N) is 5. The highest BCUT2D eigenvalue weighted by Gasteiger charge is 2.82. The van der Waals surface area contributed by atoms with Gasteiger partial charge in [-0.1, -0.05) is 6.07 Å². The largest absolute Gasteiger partial charge is 0.475 e. The smallest absolute Gasteiger partial charge is 0.287 e. The van der Waals surface area contributed by atoms with Crippen LogP contribution in [0.1, 0.15) is 44.2 Å². The highest BCUT2D eigenvalue weighted by molar-refractivity contribution is 5.42. The third-order valence-electron chi connectivity index (χ3n) is 7.08. The van der Waals surface area contributed by atoms with E-state index in [-0.39, 0.29) is 25.4 Å². The van der Waals surface area contributed by atoms with Crippen molar-refractivity contribution in [3.63, 3.8) is 0 Å². The van der Waals surface area contributed by atoms with Crippen molar-refractivity contribution in [2.24, 2.45) is 5.41 Å². The number of tetrazole rings is 1. The van der Waals surface area contributed by atoms with Crippen LogP contribution in [-0.2, 0) is 17.6 Å². The van der Waals surface area contributed by atoms with Gasteiger partial charge in [0, 0.05) is 29.3 Å². The monoisotopic (exact) mass is 477 g/mol. The molecule has 2 bridgehead atoms. The molecule has 1 aromatic carbocycles. The van der Waals surface area contributed by atoms with Crippen molar-refractivity contribution in [1.82, 2.24) is 25.2 Å². The molecule has 11 heteroatoms. The average molecular weight is 477 g/mol. The van der Waals surface area contributed by atoms with E-state index in [4.69, 9.17) is 4.74 Å². The molecule has 0 aliphatic heterocycles. The predicted octanol–water partition coefficient (Wildman–Crippen LogP) is 3.78. The van der Waals surface area contributed by atoms with Crippen LogP contribution >= 0.6 is 0 Å². The van der Waals surface area contributed by atoms with Crippen LogP contribution in [0.3, 0.4) is 0 Å². The second kappa shape index (κ2) is 7.46. The van der Waals surface area contributed by atoms with Crippen molar-refractivity contribution in [3.05, 3.63) is 65.6 Å². The van der Waals surface area contributed by atoms with Crippen LogP contribution in [0, 0.1) is 17.0 Å².